The Morgan fingerprint density at radius 3 is 2.38 bits per heavy atom. The van der Waals surface area contributed by atoms with Crippen molar-refractivity contribution >= 4 is 28.8 Å². The maximum atomic E-state index is 14.1. The second-order valence-corrected chi connectivity index (χ2v) is 9.86. The number of halogens is 4. The van der Waals surface area contributed by atoms with Crippen LogP contribution in [0.5, 0.6) is 0 Å². The normalized spacial score (nSPS) is 19.4. The third kappa shape index (κ3) is 4.58. The standard InChI is InChI=1S/C29H20ClF3N4O3/c30-22-11-10-18(14-23(22)37(39)40)36-24-12-17(16-6-2-1-3-7-16)13-25(38)27(24)26(20(15-34)28(36)35)19-8-4-5-9-21(19)29(31,32)33/h1-11,14,17,26H,12-13,35H2/t17-,26-/m1/s1. The maximum absolute atomic E-state index is 14.1. The maximum Gasteiger partial charge on any atom is 0.416 e. The lowest BCUT2D eigenvalue weighted by Gasteiger charge is -2.42. The van der Waals surface area contributed by atoms with Crippen LogP contribution in [0.1, 0.15) is 41.4 Å². The zero-order valence-electron chi connectivity index (χ0n) is 20.7. The van der Waals surface area contributed by atoms with Crippen LogP contribution in [0.2, 0.25) is 5.02 Å². The number of hydrogen-bond donors (Lipinski definition) is 1. The minimum Gasteiger partial charge on any atom is -0.384 e. The molecule has 202 valence electrons. The molecule has 2 atom stereocenters. The van der Waals surface area contributed by atoms with E-state index in [-0.39, 0.29) is 57.7 Å². The van der Waals surface area contributed by atoms with Gasteiger partial charge in [0.2, 0.25) is 0 Å². The molecule has 0 unspecified atom stereocenters. The number of benzene rings is 3. The molecule has 0 radical (unpaired) electrons. The fourth-order valence-corrected chi connectivity index (χ4v) is 5.67. The number of anilines is 1. The van der Waals surface area contributed by atoms with Crippen molar-refractivity contribution in [3.63, 3.8) is 0 Å². The van der Waals surface area contributed by atoms with Gasteiger partial charge in [-0.25, -0.2) is 0 Å². The van der Waals surface area contributed by atoms with E-state index in [0.717, 1.165) is 17.7 Å². The molecule has 0 saturated heterocycles. The van der Waals surface area contributed by atoms with Gasteiger partial charge in [0, 0.05) is 23.8 Å². The van der Waals surface area contributed by atoms with Gasteiger partial charge in [0.15, 0.2) is 5.78 Å². The molecule has 3 aromatic carbocycles. The predicted molar refractivity (Wildman–Crippen MR) is 142 cm³/mol. The quantitative estimate of drug-likeness (QED) is 0.270. The number of nitro groups is 1. The van der Waals surface area contributed by atoms with Gasteiger partial charge in [0.1, 0.15) is 10.8 Å². The number of hydrogen-bond acceptors (Lipinski definition) is 6. The summed E-state index contributed by atoms with van der Waals surface area (Å²) in [5.41, 5.74) is 5.83. The Hall–Kier alpha value is -4.62. The Bertz CT molecular complexity index is 1640. The molecule has 0 fully saturated rings. The number of nitro benzene ring substituents is 1. The number of carbonyl (C=O) groups excluding carboxylic acids is 1. The Morgan fingerprint density at radius 2 is 1.73 bits per heavy atom. The molecule has 1 heterocycles. The summed E-state index contributed by atoms with van der Waals surface area (Å²) in [6.07, 6.45) is -4.57. The number of nitrogens with zero attached hydrogens (tertiary/aromatic N) is 3. The number of nitriles is 1. The summed E-state index contributed by atoms with van der Waals surface area (Å²) >= 11 is 6.02. The number of nitrogens with two attached hydrogens (primary N) is 1. The highest BCUT2D eigenvalue weighted by Crippen LogP contribution is 2.51. The lowest BCUT2D eigenvalue weighted by atomic mass is 9.71. The largest absolute Gasteiger partial charge is 0.416 e. The van der Waals surface area contributed by atoms with E-state index in [2.05, 4.69) is 0 Å². The molecule has 3 aromatic rings. The Morgan fingerprint density at radius 1 is 1.05 bits per heavy atom. The van der Waals surface area contributed by atoms with Gasteiger partial charge < -0.3 is 5.73 Å². The highest BCUT2D eigenvalue weighted by atomic mass is 35.5. The molecular weight excluding hydrogens is 545 g/mol. The Balaban J connectivity index is 1.79. The summed E-state index contributed by atoms with van der Waals surface area (Å²) in [6, 6.07) is 19.7. The van der Waals surface area contributed by atoms with Crippen molar-refractivity contribution in [1.29, 1.82) is 5.26 Å². The van der Waals surface area contributed by atoms with Crippen LogP contribution in [0.15, 0.2) is 95.5 Å². The van der Waals surface area contributed by atoms with E-state index in [1.54, 1.807) is 0 Å². The fourth-order valence-electron chi connectivity index (χ4n) is 5.48. The summed E-state index contributed by atoms with van der Waals surface area (Å²) in [6.45, 7) is 0. The van der Waals surface area contributed by atoms with Crippen LogP contribution in [0.4, 0.5) is 24.5 Å². The van der Waals surface area contributed by atoms with E-state index >= 15 is 0 Å². The number of allylic oxidation sites excluding steroid dienone is 3. The highest BCUT2D eigenvalue weighted by Gasteiger charge is 2.46. The van der Waals surface area contributed by atoms with Gasteiger partial charge in [0.05, 0.1) is 33.7 Å². The molecule has 2 N–H and O–H groups in total. The lowest BCUT2D eigenvalue weighted by Crippen LogP contribution is -2.40. The lowest BCUT2D eigenvalue weighted by molar-refractivity contribution is -0.384. The van der Waals surface area contributed by atoms with E-state index in [1.165, 1.54) is 35.2 Å². The van der Waals surface area contributed by atoms with Crippen LogP contribution in [-0.2, 0) is 11.0 Å². The van der Waals surface area contributed by atoms with E-state index < -0.39 is 34.1 Å². The van der Waals surface area contributed by atoms with Crippen molar-refractivity contribution < 1.29 is 22.9 Å². The smallest absolute Gasteiger partial charge is 0.384 e. The summed E-state index contributed by atoms with van der Waals surface area (Å²) in [5.74, 6) is -2.38. The van der Waals surface area contributed by atoms with Crippen LogP contribution < -0.4 is 10.6 Å². The molecule has 2 aliphatic rings. The van der Waals surface area contributed by atoms with Gasteiger partial charge in [0.25, 0.3) is 5.69 Å². The van der Waals surface area contributed by atoms with Crippen molar-refractivity contribution in [1.82, 2.24) is 0 Å². The number of rotatable bonds is 4. The third-order valence-electron chi connectivity index (χ3n) is 7.20. The number of ketones is 1. The molecular formula is C29H20ClF3N4O3. The average Bonchev–Trinajstić information content (AvgIpc) is 2.92. The van der Waals surface area contributed by atoms with Crippen LogP contribution in [-0.4, -0.2) is 10.7 Å². The number of alkyl halides is 3. The van der Waals surface area contributed by atoms with Gasteiger partial charge in [-0.2, -0.15) is 18.4 Å². The van der Waals surface area contributed by atoms with Crippen molar-refractivity contribution in [3.8, 4) is 6.07 Å². The molecule has 7 nitrogen and oxygen atoms in total. The molecule has 11 heteroatoms. The first kappa shape index (κ1) is 27.0. The van der Waals surface area contributed by atoms with E-state index in [4.69, 9.17) is 17.3 Å². The molecule has 0 saturated carbocycles. The first-order chi connectivity index (χ1) is 19.0. The van der Waals surface area contributed by atoms with Crippen LogP contribution in [0, 0.1) is 21.4 Å². The fraction of sp³-hybridized carbons (Fsp3) is 0.172. The molecule has 1 aliphatic heterocycles. The van der Waals surface area contributed by atoms with Gasteiger partial charge in [-0.15, -0.1) is 0 Å². The minimum atomic E-state index is -4.76. The third-order valence-corrected chi connectivity index (χ3v) is 7.52. The van der Waals surface area contributed by atoms with Gasteiger partial charge >= 0.3 is 6.18 Å². The van der Waals surface area contributed by atoms with E-state index in [9.17, 15) is 33.3 Å². The van der Waals surface area contributed by atoms with Crippen LogP contribution in [0.3, 0.4) is 0 Å². The number of carbonyl (C=O) groups is 1. The summed E-state index contributed by atoms with van der Waals surface area (Å²) in [5, 5.41) is 21.7. The predicted octanol–water partition coefficient (Wildman–Crippen LogP) is 6.97. The van der Waals surface area contributed by atoms with Crippen LogP contribution in [0.25, 0.3) is 0 Å². The van der Waals surface area contributed by atoms with Gasteiger partial charge in [-0.3, -0.25) is 19.8 Å². The number of Topliss-reactive ketones (excluding diaryl/α,β-unsaturated/α-hetero) is 1. The Labute approximate surface area is 231 Å². The second kappa shape index (κ2) is 10.2. The summed E-state index contributed by atoms with van der Waals surface area (Å²) in [7, 11) is 0. The highest BCUT2D eigenvalue weighted by molar-refractivity contribution is 6.32. The van der Waals surface area contributed by atoms with Gasteiger partial charge in [-0.05, 0) is 41.7 Å². The first-order valence-electron chi connectivity index (χ1n) is 12.1. The zero-order valence-corrected chi connectivity index (χ0v) is 21.4. The molecule has 5 rings (SSSR count). The second-order valence-electron chi connectivity index (χ2n) is 9.46. The Kier molecular flexibility index (Phi) is 6.85. The molecule has 0 amide bonds. The minimum absolute atomic E-state index is 0.000744. The van der Waals surface area contributed by atoms with Gasteiger partial charge in [-0.1, -0.05) is 60.1 Å². The van der Waals surface area contributed by atoms with Crippen molar-refractivity contribution in [2.24, 2.45) is 5.73 Å². The molecule has 0 spiro atoms. The summed E-state index contributed by atoms with van der Waals surface area (Å²) < 4.78 is 42.4. The first-order valence-corrected chi connectivity index (χ1v) is 12.5. The average molecular weight is 565 g/mol. The van der Waals surface area contributed by atoms with E-state index in [0.29, 0.717) is 0 Å². The zero-order chi connectivity index (χ0) is 28.8. The van der Waals surface area contributed by atoms with Crippen molar-refractivity contribution in [2.45, 2.75) is 30.9 Å². The summed E-state index contributed by atoms with van der Waals surface area (Å²) in [4.78, 5) is 26.2. The molecule has 0 aromatic heterocycles. The molecule has 0 bridgehead atoms. The SMILES string of the molecule is N#CC1=C(N)N(c2ccc(Cl)c([N+](=O)[O-])c2)C2=C(C(=O)C[C@H](c3ccccc3)C2)[C@@H]1c1ccccc1C(F)(F)F. The van der Waals surface area contributed by atoms with Crippen molar-refractivity contribution in [3.05, 3.63) is 127 Å². The van der Waals surface area contributed by atoms with Crippen molar-refractivity contribution in [2.75, 3.05) is 4.90 Å². The van der Waals surface area contributed by atoms with E-state index in [1.807, 2.05) is 36.4 Å². The topological polar surface area (TPSA) is 113 Å². The monoisotopic (exact) mass is 564 g/mol. The van der Waals surface area contributed by atoms with Crippen LogP contribution >= 0.6 is 11.6 Å². The molecule has 40 heavy (non-hydrogen) atoms. The molecule has 1 aliphatic carbocycles.